The van der Waals surface area contributed by atoms with Gasteiger partial charge in [-0.05, 0) is 30.4 Å². The van der Waals surface area contributed by atoms with Crippen molar-refractivity contribution in [3.05, 3.63) is 11.1 Å². The molecule has 2 rings (SSSR count). The molecule has 0 radical (unpaired) electrons. The number of amides is 2. The summed E-state index contributed by atoms with van der Waals surface area (Å²) in [5.74, 6) is 0. The Kier molecular flexibility index (Phi) is 2.02. The van der Waals surface area contributed by atoms with Gasteiger partial charge < -0.3 is 9.80 Å². The molecule has 0 atom stereocenters. The zero-order chi connectivity index (χ0) is 9.42. The maximum absolute atomic E-state index is 11.6. The molecule has 3 nitrogen and oxygen atoms in total. The van der Waals surface area contributed by atoms with E-state index in [0.29, 0.717) is 0 Å². The smallest absolute Gasteiger partial charge is 0.320 e. The highest BCUT2D eigenvalue weighted by atomic mass is 16.2. The molecular formula is C10H16N2O. The minimum absolute atomic E-state index is 0.148. The van der Waals surface area contributed by atoms with Crippen LogP contribution in [0.1, 0.15) is 19.3 Å². The largest absolute Gasteiger partial charge is 0.331 e. The van der Waals surface area contributed by atoms with Gasteiger partial charge in [0.2, 0.25) is 0 Å². The van der Waals surface area contributed by atoms with Crippen molar-refractivity contribution < 1.29 is 4.79 Å². The van der Waals surface area contributed by atoms with Crippen molar-refractivity contribution in [2.75, 3.05) is 27.2 Å². The summed E-state index contributed by atoms with van der Waals surface area (Å²) in [4.78, 5) is 15.2. The van der Waals surface area contributed by atoms with Crippen molar-refractivity contribution in [3.8, 4) is 0 Å². The molecule has 0 aromatic heterocycles. The van der Waals surface area contributed by atoms with Crippen LogP contribution < -0.4 is 0 Å². The maximum atomic E-state index is 11.6. The SMILES string of the molecule is CN(C)C(=O)N1CC2=C(CCC2)C1. The van der Waals surface area contributed by atoms with Gasteiger partial charge in [-0.3, -0.25) is 0 Å². The van der Waals surface area contributed by atoms with Gasteiger partial charge in [-0.25, -0.2) is 4.79 Å². The van der Waals surface area contributed by atoms with E-state index in [0.717, 1.165) is 13.1 Å². The Bertz CT molecular complexity index is 252. The quantitative estimate of drug-likeness (QED) is 0.518. The number of likely N-dealkylation sites (tertiary alicyclic amines) is 1. The van der Waals surface area contributed by atoms with Crippen LogP contribution in [0.15, 0.2) is 11.1 Å². The van der Waals surface area contributed by atoms with Gasteiger partial charge >= 0.3 is 6.03 Å². The molecule has 1 aliphatic carbocycles. The molecule has 0 bridgehead atoms. The van der Waals surface area contributed by atoms with Crippen LogP contribution in [0.2, 0.25) is 0 Å². The second-order valence-corrected chi connectivity index (χ2v) is 4.09. The van der Waals surface area contributed by atoms with Crippen molar-refractivity contribution in [1.29, 1.82) is 0 Å². The predicted octanol–water partition coefficient (Wildman–Crippen LogP) is 1.46. The molecular weight excluding hydrogens is 164 g/mol. The van der Waals surface area contributed by atoms with E-state index >= 15 is 0 Å². The van der Waals surface area contributed by atoms with Gasteiger partial charge in [0, 0.05) is 27.2 Å². The summed E-state index contributed by atoms with van der Waals surface area (Å²) in [6.07, 6.45) is 3.73. The molecule has 0 fully saturated rings. The molecule has 0 saturated heterocycles. The van der Waals surface area contributed by atoms with E-state index in [1.165, 1.54) is 30.4 Å². The third-order valence-corrected chi connectivity index (χ3v) is 2.87. The maximum Gasteiger partial charge on any atom is 0.320 e. The van der Waals surface area contributed by atoms with Crippen LogP contribution in [0.4, 0.5) is 4.79 Å². The van der Waals surface area contributed by atoms with Gasteiger partial charge in [0.15, 0.2) is 0 Å². The van der Waals surface area contributed by atoms with Crippen LogP contribution >= 0.6 is 0 Å². The van der Waals surface area contributed by atoms with E-state index in [2.05, 4.69) is 0 Å². The lowest BCUT2D eigenvalue weighted by Gasteiger charge is -2.22. The third-order valence-electron chi connectivity index (χ3n) is 2.87. The highest BCUT2D eigenvalue weighted by Crippen LogP contribution is 2.32. The first kappa shape index (κ1) is 8.60. The molecule has 2 amide bonds. The molecule has 2 aliphatic rings. The summed E-state index contributed by atoms with van der Waals surface area (Å²) >= 11 is 0. The fraction of sp³-hybridized carbons (Fsp3) is 0.700. The van der Waals surface area contributed by atoms with Crippen molar-refractivity contribution in [1.82, 2.24) is 9.80 Å². The third kappa shape index (κ3) is 1.43. The second-order valence-electron chi connectivity index (χ2n) is 4.09. The number of rotatable bonds is 0. The van der Waals surface area contributed by atoms with Crippen LogP contribution in [-0.2, 0) is 0 Å². The predicted molar refractivity (Wildman–Crippen MR) is 51.5 cm³/mol. The number of carbonyl (C=O) groups is 1. The van der Waals surface area contributed by atoms with E-state index in [9.17, 15) is 4.79 Å². The fourth-order valence-electron chi connectivity index (χ4n) is 2.19. The highest BCUT2D eigenvalue weighted by molar-refractivity contribution is 5.75. The van der Waals surface area contributed by atoms with Crippen molar-refractivity contribution in [2.24, 2.45) is 0 Å². The van der Waals surface area contributed by atoms with E-state index in [1.54, 1.807) is 4.90 Å². The standard InChI is InChI=1S/C10H16N2O/c1-11(2)10(13)12-6-8-4-3-5-9(8)7-12/h3-7H2,1-2H3. The average Bonchev–Trinajstić information content (AvgIpc) is 2.59. The minimum atomic E-state index is 0.148. The molecule has 3 heteroatoms. The molecule has 0 saturated carbocycles. The van der Waals surface area contributed by atoms with Crippen LogP contribution in [0.25, 0.3) is 0 Å². The van der Waals surface area contributed by atoms with Crippen LogP contribution in [0.5, 0.6) is 0 Å². The van der Waals surface area contributed by atoms with Crippen molar-refractivity contribution >= 4 is 6.03 Å². The fourth-order valence-corrected chi connectivity index (χ4v) is 2.19. The topological polar surface area (TPSA) is 23.6 Å². The van der Waals surface area contributed by atoms with E-state index in [1.807, 2.05) is 19.0 Å². The molecule has 1 heterocycles. The summed E-state index contributed by atoms with van der Waals surface area (Å²) in [5.41, 5.74) is 3.05. The van der Waals surface area contributed by atoms with E-state index in [-0.39, 0.29) is 6.03 Å². The van der Waals surface area contributed by atoms with Crippen molar-refractivity contribution in [2.45, 2.75) is 19.3 Å². The molecule has 0 unspecified atom stereocenters. The van der Waals surface area contributed by atoms with Crippen LogP contribution in [0, 0.1) is 0 Å². The summed E-state index contributed by atoms with van der Waals surface area (Å²) in [6, 6.07) is 0.148. The lowest BCUT2D eigenvalue weighted by Crippen LogP contribution is -2.38. The molecule has 1 aliphatic heterocycles. The molecule has 0 spiro atoms. The van der Waals surface area contributed by atoms with Gasteiger partial charge in [0.05, 0.1) is 0 Å². The Labute approximate surface area is 79.0 Å². The second kappa shape index (κ2) is 3.05. The Morgan fingerprint density at radius 3 is 2.23 bits per heavy atom. The summed E-state index contributed by atoms with van der Waals surface area (Å²) in [7, 11) is 3.62. The lowest BCUT2D eigenvalue weighted by atomic mass is 10.2. The first-order chi connectivity index (χ1) is 6.18. The van der Waals surface area contributed by atoms with Gasteiger partial charge in [0.25, 0.3) is 0 Å². The van der Waals surface area contributed by atoms with Gasteiger partial charge in [0.1, 0.15) is 0 Å². The number of carbonyl (C=O) groups excluding carboxylic acids is 1. The van der Waals surface area contributed by atoms with E-state index < -0.39 is 0 Å². The van der Waals surface area contributed by atoms with Crippen LogP contribution in [0.3, 0.4) is 0 Å². The van der Waals surface area contributed by atoms with Gasteiger partial charge in [-0.1, -0.05) is 0 Å². The van der Waals surface area contributed by atoms with Gasteiger partial charge in [-0.2, -0.15) is 0 Å². The Morgan fingerprint density at radius 2 is 1.77 bits per heavy atom. The Hall–Kier alpha value is -0.990. The molecule has 72 valence electrons. The number of urea groups is 1. The van der Waals surface area contributed by atoms with Gasteiger partial charge in [-0.15, -0.1) is 0 Å². The average molecular weight is 180 g/mol. The zero-order valence-electron chi connectivity index (χ0n) is 8.34. The molecule has 0 aromatic rings. The summed E-state index contributed by atoms with van der Waals surface area (Å²) < 4.78 is 0. The Balaban J connectivity index is 1.99. The lowest BCUT2D eigenvalue weighted by molar-refractivity contribution is 0.182. The molecule has 0 aromatic carbocycles. The van der Waals surface area contributed by atoms with E-state index in [4.69, 9.17) is 0 Å². The Morgan fingerprint density at radius 1 is 1.23 bits per heavy atom. The monoisotopic (exact) mass is 180 g/mol. The molecule has 13 heavy (non-hydrogen) atoms. The number of hydrogen-bond donors (Lipinski definition) is 0. The zero-order valence-corrected chi connectivity index (χ0v) is 8.34. The number of nitrogens with zero attached hydrogens (tertiary/aromatic N) is 2. The molecule has 0 N–H and O–H groups in total. The minimum Gasteiger partial charge on any atom is -0.331 e. The number of hydrogen-bond acceptors (Lipinski definition) is 1. The first-order valence-corrected chi connectivity index (χ1v) is 4.84. The first-order valence-electron chi connectivity index (χ1n) is 4.84. The summed E-state index contributed by atoms with van der Waals surface area (Å²) in [5, 5.41) is 0. The van der Waals surface area contributed by atoms with Crippen molar-refractivity contribution in [3.63, 3.8) is 0 Å². The normalized spacial score (nSPS) is 20.9. The van der Waals surface area contributed by atoms with Crippen LogP contribution in [-0.4, -0.2) is 43.0 Å². The summed E-state index contributed by atoms with van der Waals surface area (Å²) in [6.45, 7) is 1.76. The highest BCUT2D eigenvalue weighted by Gasteiger charge is 2.28.